The van der Waals surface area contributed by atoms with Crippen LogP contribution in [-0.2, 0) is 17.6 Å². The van der Waals surface area contributed by atoms with E-state index in [1.165, 1.54) is 5.56 Å². The number of anilines is 1. The minimum Gasteiger partial charge on any atom is -0.362 e. The number of fused-ring (bicyclic) bond motifs is 1. The van der Waals surface area contributed by atoms with Crippen molar-refractivity contribution in [2.75, 3.05) is 18.0 Å². The van der Waals surface area contributed by atoms with E-state index >= 15 is 0 Å². The Hall–Kier alpha value is -2.83. The molecular weight excluding hydrogens is 320 g/mol. The SMILES string of the molecule is CCc1noc(C)c1C(=O)NNC(=O)CN1CCCc2ccccc21. The molecule has 2 heterocycles. The molecular formula is C18H22N4O3. The number of hydrazine groups is 1. The lowest BCUT2D eigenvalue weighted by Gasteiger charge is -2.30. The molecule has 1 aromatic heterocycles. The molecule has 0 radical (unpaired) electrons. The van der Waals surface area contributed by atoms with Crippen LogP contribution < -0.4 is 15.8 Å². The number of nitrogens with one attached hydrogen (secondary N) is 2. The van der Waals surface area contributed by atoms with Gasteiger partial charge in [-0.25, -0.2) is 0 Å². The van der Waals surface area contributed by atoms with Gasteiger partial charge < -0.3 is 9.42 Å². The van der Waals surface area contributed by atoms with Crippen molar-refractivity contribution >= 4 is 17.5 Å². The van der Waals surface area contributed by atoms with Gasteiger partial charge in [0.1, 0.15) is 11.3 Å². The van der Waals surface area contributed by atoms with Crippen LogP contribution in [0.3, 0.4) is 0 Å². The van der Waals surface area contributed by atoms with Crippen molar-refractivity contribution in [3.05, 3.63) is 46.8 Å². The number of benzene rings is 1. The summed E-state index contributed by atoms with van der Waals surface area (Å²) in [6.07, 6.45) is 2.62. The highest BCUT2D eigenvalue weighted by Crippen LogP contribution is 2.26. The van der Waals surface area contributed by atoms with Crippen molar-refractivity contribution in [3.8, 4) is 0 Å². The molecule has 132 valence electrons. The average molecular weight is 342 g/mol. The fourth-order valence-corrected chi connectivity index (χ4v) is 3.13. The molecule has 0 bridgehead atoms. The van der Waals surface area contributed by atoms with E-state index < -0.39 is 5.91 Å². The Morgan fingerprint density at radius 3 is 2.88 bits per heavy atom. The Morgan fingerprint density at radius 2 is 2.08 bits per heavy atom. The molecule has 3 rings (SSSR count). The van der Waals surface area contributed by atoms with Crippen molar-refractivity contribution in [1.82, 2.24) is 16.0 Å². The molecule has 2 amide bonds. The molecule has 0 saturated carbocycles. The summed E-state index contributed by atoms with van der Waals surface area (Å²) in [5.41, 5.74) is 8.22. The topological polar surface area (TPSA) is 87.5 Å². The lowest BCUT2D eigenvalue weighted by Crippen LogP contribution is -2.47. The molecule has 0 spiro atoms. The highest BCUT2D eigenvalue weighted by Gasteiger charge is 2.21. The first-order valence-electron chi connectivity index (χ1n) is 8.47. The zero-order valence-electron chi connectivity index (χ0n) is 14.5. The Bertz CT molecular complexity index is 784. The second-order valence-corrected chi connectivity index (χ2v) is 6.07. The molecule has 1 aromatic carbocycles. The number of rotatable bonds is 4. The molecule has 0 fully saturated rings. The van der Waals surface area contributed by atoms with Crippen LogP contribution in [-0.4, -0.2) is 30.1 Å². The molecule has 1 aliphatic heterocycles. The summed E-state index contributed by atoms with van der Waals surface area (Å²) in [6, 6.07) is 8.09. The second kappa shape index (κ2) is 7.38. The maximum atomic E-state index is 12.3. The molecule has 0 aliphatic carbocycles. The van der Waals surface area contributed by atoms with Crippen LogP contribution in [0.4, 0.5) is 5.69 Å². The summed E-state index contributed by atoms with van der Waals surface area (Å²) in [6.45, 7) is 4.58. The van der Waals surface area contributed by atoms with Crippen LogP contribution in [0, 0.1) is 6.92 Å². The number of nitrogens with zero attached hydrogens (tertiary/aromatic N) is 2. The fourth-order valence-electron chi connectivity index (χ4n) is 3.13. The van der Waals surface area contributed by atoms with E-state index in [-0.39, 0.29) is 12.5 Å². The summed E-state index contributed by atoms with van der Waals surface area (Å²) < 4.78 is 5.04. The van der Waals surface area contributed by atoms with E-state index in [1.807, 2.05) is 30.0 Å². The molecule has 7 heteroatoms. The number of carbonyl (C=O) groups excluding carboxylic acids is 2. The highest BCUT2D eigenvalue weighted by atomic mass is 16.5. The van der Waals surface area contributed by atoms with Crippen LogP contribution in [0.5, 0.6) is 0 Å². The van der Waals surface area contributed by atoms with Gasteiger partial charge in [0.2, 0.25) is 0 Å². The van der Waals surface area contributed by atoms with E-state index in [1.54, 1.807) is 6.92 Å². The molecule has 2 N–H and O–H groups in total. The summed E-state index contributed by atoms with van der Waals surface area (Å²) >= 11 is 0. The van der Waals surface area contributed by atoms with E-state index in [9.17, 15) is 9.59 Å². The molecule has 7 nitrogen and oxygen atoms in total. The van der Waals surface area contributed by atoms with E-state index in [0.29, 0.717) is 23.4 Å². The Morgan fingerprint density at radius 1 is 1.28 bits per heavy atom. The van der Waals surface area contributed by atoms with Crippen LogP contribution in [0.1, 0.15) is 40.7 Å². The van der Waals surface area contributed by atoms with E-state index in [0.717, 1.165) is 25.1 Å². The van der Waals surface area contributed by atoms with Crippen LogP contribution >= 0.6 is 0 Å². The number of carbonyl (C=O) groups is 2. The third kappa shape index (κ3) is 3.65. The van der Waals surface area contributed by atoms with Gasteiger partial charge in [0.15, 0.2) is 0 Å². The molecule has 2 aromatic rings. The van der Waals surface area contributed by atoms with Crippen molar-refractivity contribution in [3.63, 3.8) is 0 Å². The maximum absolute atomic E-state index is 12.3. The standard InChI is InChI=1S/C18H22N4O3/c1-3-14-17(12(2)25-21-14)18(24)20-19-16(23)11-22-10-6-8-13-7-4-5-9-15(13)22/h4-5,7,9H,3,6,8,10-11H2,1-2H3,(H,19,23)(H,20,24). The third-order valence-electron chi connectivity index (χ3n) is 4.35. The van der Waals surface area contributed by atoms with Crippen molar-refractivity contribution in [2.24, 2.45) is 0 Å². The van der Waals surface area contributed by atoms with Crippen molar-refractivity contribution in [1.29, 1.82) is 0 Å². The van der Waals surface area contributed by atoms with Crippen LogP contribution in [0.15, 0.2) is 28.8 Å². The van der Waals surface area contributed by atoms with Gasteiger partial charge in [0.25, 0.3) is 11.8 Å². The van der Waals surface area contributed by atoms with Gasteiger partial charge in [-0.15, -0.1) is 0 Å². The number of amides is 2. The zero-order valence-corrected chi connectivity index (χ0v) is 14.5. The van der Waals surface area contributed by atoms with Gasteiger partial charge in [-0.2, -0.15) is 0 Å². The van der Waals surface area contributed by atoms with Crippen molar-refractivity contribution < 1.29 is 14.1 Å². The minimum absolute atomic E-state index is 0.195. The second-order valence-electron chi connectivity index (χ2n) is 6.07. The van der Waals surface area contributed by atoms with Crippen LogP contribution in [0.2, 0.25) is 0 Å². The van der Waals surface area contributed by atoms with E-state index in [4.69, 9.17) is 4.52 Å². The first kappa shape index (κ1) is 17.0. The van der Waals surface area contributed by atoms with Gasteiger partial charge in [-0.1, -0.05) is 30.3 Å². The molecule has 1 aliphatic rings. The maximum Gasteiger partial charge on any atom is 0.275 e. The number of hydrogen-bond donors (Lipinski definition) is 2. The molecule has 0 atom stereocenters. The number of aryl methyl sites for hydroxylation is 3. The summed E-state index contributed by atoms with van der Waals surface area (Å²) in [5, 5.41) is 3.84. The third-order valence-corrected chi connectivity index (χ3v) is 4.35. The first-order chi connectivity index (χ1) is 12.1. The van der Waals surface area contributed by atoms with E-state index in [2.05, 4.69) is 22.1 Å². The smallest absolute Gasteiger partial charge is 0.275 e. The Labute approximate surface area is 146 Å². The zero-order chi connectivity index (χ0) is 17.8. The van der Waals surface area contributed by atoms with Gasteiger partial charge in [0.05, 0.1) is 12.2 Å². The Kier molecular flexibility index (Phi) is 5.02. The lowest BCUT2D eigenvalue weighted by molar-refractivity contribution is -0.120. The number of para-hydroxylation sites is 1. The van der Waals surface area contributed by atoms with Gasteiger partial charge in [-0.3, -0.25) is 20.4 Å². The fraction of sp³-hybridized carbons (Fsp3) is 0.389. The first-order valence-corrected chi connectivity index (χ1v) is 8.47. The summed E-state index contributed by atoms with van der Waals surface area (Å²) in [4.78, 5) is 26.5. The predicted octanol–water partition coefficient (Wildman–Crippen LogP) is 1.76. The lowest BCUT2D eigenvalue weighted by atomic mass is 10.0. The largest absolute Gasteiger partial charge is 0.362 e. The quantitative estimate of drug-likeness (QED) is 0.827. The van der Waals surface area contributed by atoms with Crippen LogP contribution in [0.25, 0.3) is 0 Å². The van der Waals surface area contributed by atoms with Gasteiger partial charge >= 0.3 is 0 Å². The summed E-state index contributed by atoms with van der Waals surface area (Å²) in [7, 11) is 0. The Balaban J connectivity index is 1.59. The summed E-state index contributed by atoms with van der Waals surface area (Å²) in [5.74, 6) is -0.242. The predicted molar refractivity (Wildman–Crippen MR) is 93.2 cm³/mol. The van der Waals surface area contributed by atoms with Gasteiger partial charge in [0, 0.05) is 12.2 Å². The molecule has 0 unspecified atom stereocenters. The average Bonchev–Trinajstić information content (AvgIpc) is 3.01. The number of aromatic nitrogens is 1. The highest BCUT2D eigenvalue weighted by molar-refractivity contribution is 5.97. The number of hydrogen-bond acceptors (Lipinski definition) is 5. The minimum atomic E-state index is -0.414. The molecule has 25 heavy (non-hydrogen) atoms. The van der Waals surface area contributed by atoms with Gasteiger partial charge in [-0.05, 0) is 37.8 Å². The van der Waals surface area contributed by atoms with Crippen molar-refractivity contribution in [2.45, 2.75) is 33.1 Å². The monoisotopic (exact) mass is 342 g/mol. The molecule has 0 saturated heterocycles. The normalized spacial score (nSPS) is 13.3.